The topological polar surface area (TPSA) is 23.6 Å². The van der Waals surface area contributed by atoms with E-state index in [0.29, 0.717) is 5.91 Å². The molecule has 2 rings (SSSR count). The first kappa shape index (κ1) is 10.9. The van der Waals surface area contributed by atoms with Crippen LogP contribution in [0.5, 0.6) is 0 Å². The molecule has 3 nitrogen and oxygen atoms in total. The van der Waals surface area contributed by atoms with Crippen LogP contribution in [0.1, 0.15) is 40.5 Å². The van der Waals surface area contributed by atoms with Gasteiger partial charge in [0.05, 0.1) is 11.7 Å². The van der Waals surface area contributed by atoms with E-state index >= 15 is 0 Å². The third kappa shape index (κ3) is 1.32. The summed E-state index contributed by atoms with van der Waals surface area (Å²) in [5, 5.41) is 0. The van der Waals surface area contributed by atoms with Crippen molar-refractivity contribution in [2.75, 3.05) is 13.6 Å². The van der Waals surface area contributed by atoms with Crippen LogP contribution in [-0.4, -0.2) is 41.0 Å². The largest absolute Gasteiger partial charge is 0.328 e. The molecule has 86 valence electrons. The zero-order chi connectivity index (χ0) is 11.4. The summed E-state index contributed by atoms with van der Waals surface area (Å²) in [6, 6.07) is 0. The van der Waals surface area contributed by atoms with Gasteiger partial charge >= 0.3 is 0 Å². The van der Waals surface area contributed by atoms with Crippen LogP contribution in [-0.2, 0) is 4.79 Å². The molecule has 2 atom stereocenters. The molecule has 2 fully saturated rings. The zero-order valence-electron chi connectivity index (χ0n) is 10.5. The summed E-state index contributed by atoms with van der Waals surface area (Å²) in [4.78, 5) is 16.6. The van der Waals surface area contributed by atoms with Gasteiger partial charge in [-0.05, 0) is 25.2 Å². The van der Waals surface area contributed by atoms with Gasteiger partial charge in [0.25, 0.3) is 0 Å². The number of rotatable bonds is 0. The van der Waals surface area contributed by atoms with Crippen molar-refractivity contribution in [2.24, 2.45) is 5.41 Å². The summed E-state index contributed by atoms with van der Waals surface area (Å²) >= 11 is 0. The lowest BCUT2D eigenvalue weighted by atomic mass is 9.91. The Bertz CT molecular complexity index is 294. The second kappa shape index (κ2) is 2.97. The van der Waals surface area contributed by atoms with Gasteiger partial charge in [0.2, 0.25) is 5.91 Å². The Morgan fingerprint density at radius 2 is 2.00 bits per heavy atom. The molecule has 0 spiro atoms. The fourth-order valence-corrected chi connectivity index (χ4v) is 3.35. The molecule has 0 unspecified atom stereocenters. The van der Waals surface area contributed by atoms with E-state index in [1.165, 1.54) is 0 Å². The Balaban J connectivity index is 2.39. The maximum absolute atomic E-state index is 12.2. The Morgan fingerprint density at radius 3 is 2.53 bits per heavy atom. The van der Waals surface area contributed by atoms with E-state index in [2.05, 4.69) is 32.6 Å². The van der Waals surface area contributed by atoms with E-state index in [1.54, 1.807) is 0 Å². The molecule has 0 aromatic rings. The van der Waals surface area contributed by atoms with Crippen LogP contribution in [0.25, 0.3) is 0 Å². The van der Waals surface area contributed by atoms with Gasteiger partial charge in [-0.1, -0.05) is 20.8 Å². The lowest BCUT2D eigenvalue weighted by Gasteiger charge is -2.38. The third-order valence-electron chi connectivity index (χ3n) is 3.91. The molecule has 0 aromatic carbocycles. The van der Waals surface area contributed by atoms with Crippen LogP contribution in [0.2, 0.25) is 0 Å². The minimum Gasteiger partial charge on any atom is -0.328 e. The average Bonchev–Trinajstić information content (AvgIpc) is 2.52. The van der Waals surface area contributed by atoms with Crippen molar-refractivity contribution < 1.29 is 4.79 Å². The monoisotopic (exact) mass is 210 g/mol. The molecule has 15 heavy (non-hydrogen) atoms. The first-order valence-electron chi connectivity index (χ1n) is 5.82. The molecule has 2 aliphatic heterocycles. The second-order valence-corrected chi connectivity index (χ2v) is 6.23. The maximum Gasteiger partial charge on any atom is 0.243 e. The highest BCUT2D eigenvalue weighted by Gasteiger charge is 2.57. The van der Waals surface area contributed by atoms with Gasteiger partial charge in [0.1, 0.15) is 0 Å². The number of carbonyl (C=O) groups excluding carboxylic acids is 1. The smallest absolute Gasteiger partial charge is 0.243 e. The van der Waals surface area contributed by atoms with Gasteiger partial charge in [-0.3, -0.25) is 9.69 Å². The summed E-state index contributed by atoms with van der Waals surface area (Å²) < 4.78 is 0. The number of likely N-dealkylation sites (N-methyl/N-ethyl adjacent to an activating group) is 1. The van der Waals surface area contributed by atoms with Gasteiger partial charge in [-0.2, -0.15) is 0 Å². The molecule has 0 aromatic heterocycles. The minimum absolute atomic E-state index is 0.131. The molecule has 0 N–H and O–H groups in total. The van der Waals surface area contributed by atoms with Gasteiger partial charge < -0.3 is 4.90 Å². The first-order chi connectivity index (χ1) is 6.78. The predicted molar refractivity (Wildman–Crippen MR) is 60.4 cm³/mol. The molecule has 3 heteroatoms. The summed E-state index contributed by atoms with van der Waals surface area (Å²) in [7, 11) is 1.95. The molecule has 0 aliphatic carbocycles. The van der Waals surface area contributed by atoms with Crippen LogP contribution >= 0.6 is 0 Å². The Labute approximate surface area is 92.4 Å². The predicted octanol–water partition coefficient (Wildman–Crippen LogP) is 1.69. The van der Waals surface area contributed by atoms with E-state index in [4.69, 9.17) is 0 Å². The standard InChI is InChI=1S/C12H22N2O/c1-11(2,3)9-13(5)10(15)12(4)7-6-8-14(9)12/h9H,6-8H2,1-5H3/t9-,12+/m0/s1. The Morgan fingerprint density at radius 1 is 1.40 bits per heavy atom. The highest BCUT2D eigenvalue weighted by molar-refractivity contribution is 5.88. The number of nitrogens with zero attached hydrogens (tertiary/aromatic N) is 2. The van der Waals surface area contributed by atoms with Crippen molar-refractivity contribution in [2.45, 2.75) is 52.2 Å². The van der Waals surface area contributed by atoms with Crippen molar-refractivity contribution in [3.05, 3.63) is 0 Å². The van der Waals surface area contributed by atoms with E-state index in [-0.39, 0.29) is 17.1 Å². The second-order valence-electron chi connectivity index (χ2n) is 6.23. The normalized spacial score (nSPS) is 37.5. The van der Waals surface area contributed by atoms with Gasteiger partial charge in [-0.15, -0.1) is 0 Å². The number of hydrogen-bond acceptors (Lipinski definition) is 2. The highest BCUT2D eigenvalue weighted by Crippen LogP contribution is 2.44. The molecule has 2 heterocycles. The van der Waals surface area contributed by atoms with Crippen LogP contribution in [0, 0.1) is 5.41 Å². The van der Waals surface area contributed by atoms with Crippen LogP contribution in [0.3, 0.4) is 0 Å². The molecule has 1 amide bonds. The molecular weight excluding hydrogens is 188 g/mol. The lowest BCUT2D eigenvalue weighted by Crippen LogP contribution is -2.48. The average molecular weight is 210 g/mol. The molecule has 2 aliphatic rings. The van der Waals surface area contributed by atoms with E-state index < -0.39 is 0 Å². The van der Waals surface area contributed by atoms with Crippen molar-refractivity contribution in [1.82, 2.24) is 9.80 Å². The van der Waals surface area contributed by atoms with Crippen LogP contribution in [0.4, 0.5) is 0 Å². The SMILES string of the molecule is CN1C(=O)[C@@]2(C)CCCN2[C@H]1C(C)(C)C. The van der Waals surface area contributed by atoms with Crippen molar-refractivity contribution in [3.8, 4) is 0 Å². The van der Waals surface area contributed by atoms with E-state index in [1.807, 2.05) is 11.9 Å². The van der Waals surface area contributed by atoms with Crippen LogP contribution < -0.4 is 0 Å². The minimum atomic E-state index is -0.216. The molecule has 0 radical (unpaired) electrons. The van der Waals surface area contributed by atoms with Crippen molar-refractivity contribution in [1.29, 1.82) is 0 Å². The molecular formula is C12H22N2O. The fraction of sp³-hybridized carbons (Fsp3) is 0.917. The van der Waals surface area contributed by atoms with Crippen molar-refractivity contribution >= 4 is 5.91 Å². The third-order valence-corrected chi connectivity index (χ3v) is 3.91. The van der Waals surface area contributed by atoms with Gasteiger partial charge in [0.15, 0.2) is 0 Å². The number of fused-ring (bicyclic) bond motifs is 1. The molecule has 0 saturated carbocycles. The van der Waals surface area contributed by atoms with Crippen molar-refractivity contribution in [3.63, 3.8) is 0 Å². The summed E-state index contributed by atoms with van der Waals surface area (Å²) in [6.07, 6.45) is 2.43. The lowest BCUT2D eigenvalue weighted by molar-refractivity contribution is -0.132. The Kier molecular flexibility index (Phi) is 2.16. The molecule has 0 bridgehead atoms. The first-order valence-corrected chi connectivity index (χ1v) is 5.82. The summed E-state index contributed by atoms with van der Waals surface area (Å²) in [5.41, 5.74) is -0.0841. The highest BCUT2D eigenvalue weighted by atomic mass is 16.2. The quantitative estimate of drug-likeness (QED) is 0.607. The van der Waals surface area contributed by atoms with E-state index in [0.717, 1.165) is 19.4 Å². The van der Waals surface area contributed by atoms with E-state index in [9.17, 15) is 4.79 Å². The number of carbonyl (C=O) groups is 1. The van der Waals surface area contributed by atoms with Gasteiger partial charge in [-0.25, -0.2) is 0 Å². The fourth-order valence-electron chi connectivity index (χ4n) is 3.35. The number of amides is 1. The maximum atomic E-state index is 12.2. The number of hydrogen-bond donors (Lipinski definition) is 0. The summed E-state index contributed by atoms with van der Waals surface area (Å²) in [5.74, 6) is 0.305. The van der Waals surface area contributed by atoms with Crippen LogP contribution in [0.15, 0.2) is 0 Å². The van der Waals surface area contributed by atoms with Gasteiger partial charge in [0, 0.05) is 13.6 Å². The molecule has 2 saturated heterocycles. The Hall–Kier alpha value is -0.570. The zero-order valence-corrected chi connectivity index (χ0v) is 10.5. The summed E-state index contributed by atoms with van der Waals surface area (Å²) in [6.45, 7) is 9.81.